The first-order valence-electron chi connectivity index (χ1n) is 8.97. The summed E-state index contributed by atoms with van der Waals surface area (Å²) in [6.07, 6.45) is 8.24. The highest BCUT2D eigenvalue weighted by molar-refractivity contribution is 5.94. The summed E-state index contributed by atoms with van der Waals surface area (Å²) in [5, 5.41) is 0. The first kappa shape index (κ1) is 16.8. The van der Waals surface area contributed by atoms with E-state index >= 15 is 0 Å². The van der Waals surface area contributed by atoms with E-state index in [1.165, 1.54) is 48.5 Å². The predicted molar refractivity (Wildman–Crippen MR) is 92.7 cm³/mol. The number of hydrazine groups is 1. The fourth-order valence-corrected chi connectivity index (χ4v) is 4.38. The SMILES string of the molecule is O=C(C[C@H]1C[C@H]2CC[C@@H]1C2)NNC(=O)c1cncn1-c1ccc(F)cc1. The number of carbonyl (C=O) groups excluding carboxylic acids is 2. The van der Waals surface area contributed by atoms with Crippen molar-refractivity contribution < 1.29 is 14.0 Å². The van der Waals surface area contributed by atoms with E-state index in [2.05, 4.69) is 15.8 Å². The average molecular weight is 356 g/mol. The van der Waals surface area contributed by atoms with E-state index in [1.807, 2.05) is 0 Å². The van der Waals surface area contributed by atoms with Crippen LogP contribution in [0.25, 0.3) is 5.69 Å². The van der Waals surface area contributed by atoms with E-state index in [-0.39, 0.29) is 17.4 Å². The molecule has 2 bridgehead atoms. The molecule has 1 aromatic carbocycles. The van der Waals surface area contributed by atoms with E-state index in [0.717, 1.165) is 12.3 Å². The van der Waals surface area contributed by atoms with Crippen molar-refractivity contribution in [3.8, 4) is 5.69 Å². The number of halogens is 1. The van der Waals surface area contributed by atoms with Gasteiger partial charge in [0.1, 0.15) is 11.5 Å². The lowest BCUT2D eigenvalue weighted by atomic mass is 9.86. The minimum Gasteiger partial charge on any atom is -0.295 e. The Morgan fingerprint density at radius 1 is 1.15 bits per heavy atom. The molecule has 2 aliphatic carbocycles. The van der Waals surface area contributed by atoms with Gasteiger partial charge in [0, 0.05) is 12.1 Å². The summed E-state index contributed by atoms with van der Waals surface area (Å²) in [6, 6.07) is 5.74. The highest BCUT2D eigenvalue weighted by Crippen LogP contribution is 2.49. The zero-order chi connectivity index (χ0) is 18.1. The molecule has 3 atom stereocenters. The number of rotatable bonds is 4. The average Bonchev–Trinajstić information content (AvgIpc) is 3.37. The third-order valence-corrected chi connectivity index (χ3v) is 5.62. The van der Waals surface area contributed by atoms with Gasteiger partial charge in [-0.2, -0.15) is 0 Å². The van der Waals surface area contributed by atoms with E-state index in [4.69, 9.17) is 0 Å². The molecule has 0 radical (unpaired) electrons. The van der Waals surface area contributed by atoms with Crippen LogP contribution in [0.15, 0.2) is 36.8 Å². The van der Waals surface area contributed by atoms with Crippen molar-refractivity contribution in [3.05, 3.63) is 48.3 Å². The highest BCUT2D eigenvalue weighted by Gasteiger charge is 2.40. The lowest BCUT2D eigenvalue weighted by Gasteiger charge is -2.20. The summed E-state index contributed by atoms with van der Waals surface area (Å²) in [5.74, 6) is 0.916. The molecule has 6 nitrogen and oxygen atoms in total. The lowest BCUT2D eigenvalue weighted by molar-refractivity contribution is -0.123. The number of nitrogens with one attached hydrogen (secondary N) is 2. The van der Waals surface area contributed by atoms with Crippen molar-refractivity contribution in [2.75, 3.05) is 0 Å². The summed E-state index contributed by atoms with van der Waals surface area (Å²) in [5.41, 5.74) is 5.83. The van der Waals surface area contributed by atoms with Gasteiger partial charge in [0.2, 0.25) is 5.91 Å². The summed E-state index contributed by atoms with van der Waals surface area (Å²) >= 11 is 0. The minimum atomic E-state index is -0.465. The lowest BCUT2D eigenvalue weighted by Crippen LogP contribution is -2.43. The molecule has 0 saturated heterocycles. The van der Waals surface area contributed by atoms with Gasteiger partial charge in [0.25, 0.3) is 5.91 Å². The fourth-order valence-electron chi connectivity index (χ4n) is 4.38. The number of hydrogen-bond acceptors (Lipinski definition) is 3. The maximum absolute atomic E-state index is 13.1. The van der Waals surface area contributed by atoms with Crippen molar-refractivity contribution >= 4 is 11.8 Å². The number of amides is 2. The van der Waals surface area contributed by atoms with Crippen LogP contribution >= 0.6 is 0 Å². The molecule has 2 aromatic rings. The molecule has 0 spiro atoms. The summed E-state index contributed by atoms with van der Waals surface area (Å²) in [6.45, 7) is 0. The largest absolute Gasteiger partial charge is 0.295 e. The molecule has 26 heavy (non-hydrogen) atoms. The van der Waals surface area contributed by atoms with Crippen LogP contribution in [0.5, 0.6) is 0 Å². The number of nitrogens with zero attached hydrogens (tertiary/aromatic N) is 2. The van der Waals surface area contributed by atoms with Gasteiger partial charge in [-0.1, -0.05) is 6.42 Å². The van der Waals surface area contributed by atoms with E-state index in [9.17, 15) is 14.0 Å². The van der Waals surface area contributed by atoms with E-state index in [0.29, 0.717) is 23.9 Å². The maximum Gasteiger partial charge on any atom is 0.288 e. The number of imidazole rings is 1. The predicted octanol–water partition coefficient (Wildman–Crippen LogP) is 2.60. The second kappa shape index (κ2) is 6.90. The molecule has 2 fully saturated rings. The van der Waals surface area contributed by atoms with Gasteiger partial charge in [0.05, 0.1) is 12.5 Å². The van der Waals surface area contributed by atoms with Gasteiger partial charge >= 0.3 is 0 Å². The van der Waals surface area contributed by atoms with Crippen molar-refractivity contribution in [1.29, 1.82) is 0 Å². The Kier molecular flexibility index (Phi) is 4.44. The van der Waals surface area contributed by atoms with Gasteiger partial charge in [-0.15, -0.1) is 0 Å². The Morgan fingerprint density at radius 2 is 1.96 bits per heavy atom. The molecule has 0 aliphatic heterocycles. The second-order valence-electron chi connectivity index (χ2n) is 7.27. The standard InChI is InChI=1S/C19H21FN4O2/c20-15-3-5-16(6-4-15)24-11-21-10-17(24)19(26)23-22-18(25)9-14-8-12-1-2-13(14)7-12/h3-6,10-14H,1-2,7-9H2,(H,22,25)(H,23,26)/t12-,13+,14+/m0/s1. The molecule has 2 amide bonds. The molecule has 2 aliphatic rings. The van der Waals surface area contributed by atoms with Crippen molar-refractivity contribution in [2.24, 2.45) is 17.8 Å². The molecule has 7 heteroatoms. The Balaban J connectivity index is 1.34. The van der Waals surface area contributed by atoms with Gasteiger partial charge < -0.3 is 0 Å². The van der Waals surface area contributed by atoms with E-state index in [1.54, 1.807) is 12.1 Å². The van der Waals surface area contributed by atoms with Crippen LogP contribution < -0.4 is 10.9 Å². The molecule has 1 aromatic heterocycles. The van der Waals surface area contributed by atoms with Crippen LogP contribution in [0.4, 0.5) is 4.39 Å². The quantitative estimate of drug-likeness (QED) is 0.827. The van der Waals surface area contributed by atoms with Crippen molar-refractivity contribution in [1.82, 2.24) is 20.4 Å². The number of benzene rings is 1. The minimum absolute atomic E-state index is 0.163. The van der Waals surface area contributed by atoms with Crippen LogP contribution in [0.1, 0.15) is 42.6 Å². The molecule has 4 rings (SSSR count). The molecular formula is C19H21FN4O2. The first-order chi connectivity index (χ1) is 12.6. The van der Waals surface area contributed by atoms with Crippen LogP contribution in [0.2, 0.25) is 0 Å². The van der Waals surface area contributed by atoms with Gasteiger partial charge in [-0.05, 0) is 61.3 Å². The number of fused-ring (bicyclic) bond motifs is 2. The number of hydrogen-bond donors (Lipinski definition) is 2. The Bertz CT molecular complexity index is 817. The molecule has 2 saturated carbocycles. The second-order valence-corrected chi connectivity index (χ2v) is 7.27. The molecule has 2 N–H and O–H groups in total. The van der Waals surface area contributed by atoms with Crippen molar-refractivity contribution in [3.63, 3.8) is 0 Å². The van der Waals surface area contributed by atoms with Crippen LogP contribution in [-0.4, -0.2) is 21.4 Å². The Labute approximate surface area is 150 Å². The van der Waals surface area contributed by atoms with Crippen LogP contribution in [-0.2, 0) is 4.79 Å². The van der Waals surface area contributed by atoms with Crippen molar-refractivity contribution in [2.45, 2.75) is 32.1 Å². The molecule has 0 unspecified atom stereocenters. The Morgan fingerprint density at radius 3 is 2.65 bits per heavy atom. The third-order valence-electron chi connectivity index (χ3n) is 5.62. The normalized spacial score (nSPS) is 23.8. The molecule has 136 valence electrons. The Hall–Kier alpha value is -2.70. The van der Waals surface area contributed by atoms with Gasteiger partial charge in [-0.25, -0.2) is 9.37 Å². The summed E-state index contributed by atoms with van der Waals surface area (Å²) < 4.78 is 14.6. The topological polar surface area (TPSA) is 76.0 Å². The third kappa shape index (κ3) is 3.34. The highest BCUT2D eigenvalue weighted by atomic mass is 19.1. The zero-order valence-corrected chi connectivity index (χ0v) is 14.3. The first-order valence-corrected chi connectivity index (χ1v) is 8.97. The van der Waals surface area contributed by atoms with Crippen LogP contribution in [0.3, 0.4) is 0 Å². The monoisotopic (exact) mass is 356 g/mol. The zero-order valence-electron chi connectivity index (χ0n) is 14.3. The van der Waals surface area contributed by atoms with E-state index < -0.39 is 5.91 Å². The van der Waals surface area contributed by atoms with Crippen LogP contribution in [0, 0.1) is 23.6 Å². The van der Waals surface area contributed by atoms with Gasteiger partial charge in [0.15, 0.2) is 0 Å². The number of aromatic nitrogens is 2. The summed E-state index contributed by atoms with van der Waals surface area (Å²) in [4.78, 5) is 28.5. The number of carbonyl (C=O) groups is 2. The van der Waals surface area contributed by atoms with Gasteiger partial charge in [-0.3, -0.25) is 25.0 Å². The smallest absolute Gasteiger partial charge is 0.288 e. The maximum atomic E-state index is 13.1. The fraction of sp³-hybridized carbons (Fsp3) is 0.421. The molecule has 1 heterocycles. The summed E-state index contributed by atoms with van der Waals surface area (Å²) in [7, 11) is 0. The molecular weight excluding hydrogens is 335 g/mol.